The summed E-state index contributed by atoms with van der Waals surface area (Å²) in [7, 11) is 0. The molecule has 2 atom stereocenters. The zero-order valence-electron chi connectivity index (χ0n) is 17.4. The molecule has 0 aromatic carbocycles. The summed E-state index contributed by atoms with van der Waals surface area (Å²) in [5.41, 5.74) is -0.930. The molecule has 1 heterocycles. The van der Waals surface area contributed by atoms with Gasteiger partial charge in [0.1, 0.15) is 10.7 Å². The van der Waals surface area contributed by atoms with Crippen molar-refractivity contribution in [1.29, 1.82) is 0 Å². The van der Waals surface area contributed by atoms with Crippen molar-refractivity contribution < 1.29 is 52.1 Å². The number of alkyl halides is 3. The maximum Gasteiger partial charge on any atom is 0.475 e. The molecule has 2 rings (SSSR count). The largest absolute Gasteiger partial charge is 0.480 e. The molecule has 1 unspecified atom stereocenters. The molecule has 178 valence electrons. The lowest BCUT2D eigenvalue weighted by Gasteiger charge is -2.37. The van der Waals surface area contributed by atoms with Crippen LogP contribution in [0.25, 0.3) is 0 Å². The Morgan fingerprint density at radius 2 is 1.91 bits per heavy atom. The normalized spacial score (nSPS) is 21.0. The summed E-state index contributed by atoms with van der Waals surface area (Å²) in [5.74, 6) is -2.58. The van der Waals surface area contributed by atoms with Crippen molar-refractivity contribution in [1.82, 2.24) is 0 Å². The van der Waals surface area contributed by atoms with Gasteiger partial charge in [0.25, 0.3) is 0 Å². The first kappa shape index (κ1) is 25.5. The standard InChI is InChI=1S/C19H22ClF3NO8/c1-18(2,3)12-8-14-10(7-13(12)20)6-11(16(32-14)19(21,22)23)17(26)30-9-29-15(25)4-5-31-24(27)28/h6-7,12,16H,4-5,8-9H2,1-3H3,(H,27,28)/q+1/t12?,16-/m0/s1. The van der Waals surface area contributed by atoms with Crippen molar-refractivity contribution in [3.05, 3.63) is 39.0 Å². The summed E-state index contributed by atoms with van der Waals surface area (Å²) in [4.78, 5) is 37.8. The fourth-order valence-electron chi connectivity index (χ4n) is 3.06. The molecule has 0 fully saturated rings. The van der Waals surface area contributed by atoms with E-state index >= 15 is 0 Å². The van der Waals surface area contributed by atoms with Crippen LogP contribution >= 0.6 is 11.6 Å². The van der Waals surface area contributed by atoms with Crippen LogP contribution in [-0.2, 0) is 28.6 Å². The average molecular weight is 485 g/mol. The van der Waals surface area contributed by atoms with Crippen molar-refractivity contribution in [3.8, 4) is 0 Å². The molecule has 0 radical (unpaired) electrons. The van der Waals surface area contributed by atoms with Crippen LogP contribution in [0.5, 0.6) is 0 Å². The molecule has 32 heavy (non-hydrogen) atoms. The number of carbonyl (C=O) groups excluding carboxylic acids is 2. The van der Waals surface area contributed by atoms with E-state index in [0.29, 0.717) is 5.03 Å². The maximum absolute atomic E-state index is 13.6. The number of hydrogen-bond donors (Lipinski definition) is 1. The Hall–Kier alpha value is -2.76. The third kappa shape index (κ3) is 6.62. The Morgan fingerprint density at radius 3 is 2.47 bits per heavy atom. The molecule has 0 amide bonds. The van der Waals surface area contributed by atoms with E-state index in [1.165, 1.54) is 6.08 Å². The zero-order valence-corrected chi connectivity index (χ0v) is 18.2. The summed E-state index contributed by atoms with van der Waals surface area (Å²) in [6.07, 6.45) is -5.36. The molecule has 2 aliphatic rings. The fraction of sp³-hybridized carbons (Fsp3) is 0.579. The Morgan fingerprint density at radius 1 is 1.25 bits per heavy atom. The Labute approximate surface area is 185 Å². The van der Waals surface area contributed by atoms with Gasteiger partial charge < -0.3 is 14.2 Å². The van der Waals surface area contributed by atoms with E-state index in [1.54, 1.807) is 0 Å². The van der Waals surface area contributed by atoms with Crippen molar-refractivity contribution in [2.75, 3.05) is 13.4 Å². The first-order chi connectivity index (χ1) is 14.7. The first-order valence-corrected chi connectivity index (χ1v) is 9.75. The van der Waals surface area contributed by atoms with Crippen molar-refractivity contribution >= 4 is 23.5 Å². The molecular formula is C19H22ClF3NO8+. The van der Waals surface area contributed by atoms with Gasteiger partial charge in [-0.05, 0) is 17.6 Å². The Balaban J connectivity index is 2.11. The molecule has 0 saturated carbocycles. The summed E-state index contributed by atoms with van der Waals surface area (Å²) in [6, 6.07) is 0. The third-order valence-corrected chi connectivity index (χ3v) is 5.06. The van der Waals surface area contributed by atoms with Crippen molar-refractivity contribution in [2.45, 2.75) is 45.9 Å². The lowest BCUT2D eigenvalue weighted by atomic mass is 9.75. The van der Waals surface area contributed by atoms with Gasteiger partial charge in [-0.3, -0.25) is 4.79 Å². The van der Waals surface area contributed by atoms with E-state index in [0.717, 1.165) is 6.08 Å². The van der Waals surface area contributed by atoms with Gasteiger partial charge in [0.2, 0.25) is 12.9 Å². The SMILES string of the molecule is CC(C)(C)C1CC2=C(C=C1Cl)C=C(C(=O)OCOC(=O)CCO[N+](=O)O)[C@@H](C(F)(F)F)O2. The predicted molar refractivity (Wildman–Crippen MR) is 101 cm³/mol. The lowest BCUT2D eigenvalue weighted by Crippen LogP contribution is -2.40. The van der Waals surface area contributed by atoms with Crippen LogP contribution in [0.1, 0.15) is 33.6 Å². The van der Waals surface area contributed by atoms with Gasteiger partial charge >= 0.3 is 23.2 Å². The number of nitrogens with zero attached hydrogens (tertiary/aromatic N) is 1. The van der Waals surface area contributed by atoms with E-state index in [2.05, 4.69) is 14.3 Å². The molecule has 1 N–H and O–H groups in total. The van der Waals surface area contributed by atoms with E-state index in [9.17, 15) is 27.7 Å². The molecular weight excluding hydrogens is 463 g/mol. The molecule has 0 bridgehead atoms. The predicted octanol–water partition coefficient (Wildman–Crippen LogP) is 3.85. The number of halogens is 4. The molecule has 0 aromatic rings. The van der Waals surface area contributed by atoms with Gasteiger partial charge in [-0.1, -0.05) is 32.4 Å². The van der Waals surface area contributed by atoms with Crippen LogP contribution in [0.15, 0.2) is 34.1 Å². The second-order valence-corrected chi connectivity index (χ2v) is 8.49. The van der Waals surface area contributed by atoms with Gasteiger partial charge in [-0.15, -0.1) is 0 Å². The van der Waals surface area contributed by atoms with E-state index in [-0.39, 0.29) is 29.1 Å². The smallest absolute Gasteiger partial charge is 0.475 e. The number of rotatable bonds is 7. The average Bonchev–Trinajstić information content (AvgIpc) is 2.64. The first-order valence-electron chi connectivity index (χ1n) is 9.37. The number of esters is 2. The topological polar surface area (TPSA) is 111 Å². The highest BCUT2D eigenvalue weighted by molar-refractivity contribution is 6.30. The number of ether oxygens (including phenoxy) is 3. The summed E-state index contributed by atoms with van der Waals surface area (Å²) in [5, 5.41) is 7.77. The second-order valence-electron chi connectivity index (χ2n) is 8.06. The molecule has 1 aliphatic carbocycles. The van der Waals surface area contributed by atoms with E-state index < -0.39 is 54.7 Å². The molecule has 0 aromatic heterocycles. The Kier molecular flexibility index (Phi) is 7.81. The highest BCUT2D eigenvalue weighted by Gasteiger charge is 2.50. The number of carbonyl (C=O) groups is 2. The zero-order chi connectivity index (χ0) is 24.3. The van der Waals surface area contributed by atoms with E-state index in [1.807, 2.05) is 20.8 Å². The van der Waals surface area contributed by atoms with Crippen LogP contribution < -0.4 is 0 Å². The molecule has 13 heteroatoms. The minimum absolute atomic E-state index is 0.0657. The fourth-order valence-corrected chi connectivity index (χ4v) is 3.58. The summed E-state index contributed by atoms with van der Waals surface area (Å²) < 4.78 is 55.1. The molecule has 1 aliphatic heterocycles. The highest BCUT2D eigenvalue weighted by atomic mass is 35.5. The minimum Gasteiger partial charge on any atom is -0.480 e. The molecule has 9 nitrogen and oxygen atoms in total. The maximum atomic E-state index is 13.6. The van der Waals surface area contributed by atoms with E-state index in [4.69, 9.17) is 21.5 Å². The monoisotopic (exact) mass is 484 g/mol. The van der Waals surface area contributed by atoms with Crippen LogP contribution in [0.2, 0.25) is 0 Å². The highest BCUT2D eigenvalue weighted by Crippen LogP contribution is 2.46. The van der Waals surface area contributed by atoms with Gasteiger partial charge in [0.05, 0.1) is 12.0 Å². The van der Waals surface area contributed by atoms with Crippen LogP contribution in [-0.4, -0.2) is 47.9 Å². The van der Waals surface area contributed by atoms with Crippen molar-refractivity contribution in [2.24, 2.45) is 11.3 Å². The minimum atomic E-state index is -4.91. The van der Waals surface area contributed by atoms with Gasteiger partial charge in [-0.2, -0.15) is 18.0 Å². The number of hydrogen-bond acceptors (Lipinski definition) is 7. The lowest BCUT2D eigenvalue weighted by molar-refractivity contribution is -0.975. The molecule has 0 saturated heterocycles. The van der Waals surface area contributed by atoms with Crippen molar-refractivity contribution in [3.63, 3.8) is 0 Å². The quantitative estimate of drug-likeness (QED) is 0.329. The summed E-state index contributed by atoms with van der Waals surface area (Å²) >= 11 is 6.32. The third-order valence-electron chi connectivity index (χ3n) is 4.69. The molecule has 0 spiro atoms. The Bertz CT molecular complexity index is 873. The van der Waals surface area contributed by atoms with Gasteiger partial charge in [0, 0.05) is 22.9 Å². The van der Waals surface area contributed by atoms with Crippen LogP contribution in [0.3, 0.4) is 0 Å². The van der Waals surface area contributed by atoms with Crippen LogP contribution in [0.4, 0.5) is 13.2 Å². The summed E-state index contributed by atoms with van der Waals surface area (Å²) in [6.45, 7) is 4.19. The second kappa shape index (κ2) is 9.80. The number of allylic oxidation sites excluding steroid dienone is 5. The van der Waals surface area contributed by atoms with Gasteiger partial charge in [0.15, 0.2) is 6.61 Å². The van der Waals surface area contributed by atoms with Crippen LogP contribution in [0, 0.1) is 16.2 Å². The van der Waals surface area contributed by atoms with Gasteiger partial charge in [-0.25, -0.2) is 10.0 Å².